The van der Waals surface area contributed by atoms with Gasteiger partial charge in [-0.15, -0.1) is 0 Å². The maximum absolute atomic E-state index is 12.1. The Balaban J connectivity index is 1.32. The van der Waals surface area contributed by atoms with E-state index in [0.717, 1.165) is 36.9 Å². The lowest BCUT2D eigenvalue weighted by Crippen LogP contribution is -2.25. The van der Waals surface area contributed by atoms with Crippen LogP contribution in [0.5, 0.6) is 0 Å². The molecule has 1 saturated carbocycles. The highest BCUT2D eigenvalue weighted by molar-refractivity contribution is 5.94. The number of nitrogens with zero attached hydrogens (tertiary/aromatic N) is 3. The van der Waals surface area contributed by atoms with Gasteiger partial charge in [0.2, 0.25) is 11.7 Å². The molecule has 0 aliphatic heterocycles. The first-order valence-electron chi connectivity index (χ1n) is 10.1. The molecule has 0 atom stereocenters. The van der Waals surface area contributed by atoms with Gasteiger partial charge in [0.25, 0.3) is 5.91 Å². The molecule has 1 amide bonds. The van der Waals surface area contributed by atoms with Crippen LogP contribution in [-0.2, 0) is 19.5 Å². The standard InChI is InChI=1S/C23H26N4O2/c1-3-16-4-8-18(9-5-16)22-25-21(29-26-22)15-27(2)14-17-6-10-19(11-7-17)23(28)24-20-12-13-20/h4-11,20H,3,12-15H2,1-2H3,(H,24,28). The predicted octanol–water partition coefficient (Wildman–Crippen LogP) is 3.82. The van der Waals surface area contributed by atoms with E-state index < -0.39 is 0 Å². The van der Waals surface area contributed by atoms with Crippen LogP contribution in [0.2, 0.25) is 0 Å². The molecule has 4 rings (SSSR count). The van der Waals surface area contributed by atoms with Crippen molar-refractivity contribution in [3.63, 3.8) is 0 Å². The zero-order valence-electron chi connectivity index (χ0n) is 16.9. The smallest absolute Gasteiger partial charge is 0.251 e. The molecule has 1 aliphatic carbocycles. The first kappa shape index (κ1) is 19.3. The van der Waals surface area contributed by atoms with Gasteiger partial charge in [-0.05, 0) is 49.6 Å². The number of rotatable bonds is 8. The van der Waals surface area contributed by atoms with Gasteiger partial charge < -0.3 is 9.84 Å². The Bertz CT molecular complexity index is 959. The van der Waals surface area contributed by atoms with E-state index in [-0.39, 0.29) is 5.91 Å². The van der Waals surface area contributed by atoms with E-state index >= 15 is 0 Å². The van der Waals surface area contributed by atoms with Crippen LogP contribution in [0.1, 0.15) is 47.1 Å². The molecule has 0 radical (unpaired) electrons. The fraction of sp³-hybridized carbons (Fsp3) is 0.348. The average molecular weight is 390 g/mol. The summed E-state index contributed by atoms with van der Waals surface area (Å²) in [7, 11) is 2.01. The SMILES string of the molecule is CCc1ccc(-c2noc(CN(C)Cc3ccc(C(=O)NC4CC4)cc3)n2)cc1. The molecule has 6 heteroatoms. The third-order valence-electron chi connectivity index (χ3n) is 5.07. The maximum atomic E-state index is 12.1. The molecule has 0 spiro atoms. The van der Waals surface area contributed by atoms with Gasteiger partial charge in [-0.1, -0.05) is 48.5 Å². The Labute approximate surface area is 170 Å². The summed E-state index contributed by atoms with van der Waals surface area (Å²) in [6.45, 7) is 3.42. The number of aromatic nitrogens is 2. The molecule has 0 unspecified atom stereocenters. The minimum absolute atomic E-state index is 0.0118. The molecule has 0 bridgehead atoms. The Kier molecular flexibility index (Phi) is 5.71. The Hall–Kier alpha value is -2.99. The van der Waals surface area contributed by atoms with Crippen LogP contribution in [0, 0.1) is 0 Å². The van der Waals surface area contributed by atoms with E-state index in [1.165, 1.54) is 5.56 Å². The van der Waals surface area contributed by atoms with E-state index in [4.69, 9.17) is 4.52 Å². The Morgan fingerprint density at radius 3 is 2.41 bits per heavy atom. The number of nitrogens with one attached hydrogen (secondary N) is 1. The van der Waals surface area contributed by atoms with Crippen LogP contribution >= 0.6 is 0 Å². The minimum Gasteiger partial charge on any atom is -0.349 e. The fourth-order valence-corrected chi connectivity index (χ4v) is 3.18. The van der Waals surface area contributed by atoms with Gasteiger partial charge in [0, 0.05) is 23.7 Å². The Morgan fingerprint density at radius 2 is 1.76 bits per heavy atom. The van der Waals surface area contributed by atoms with Crippen molar-refractivity contribution < 1.29 is 9.32 Å². The highest BCUT2D eigenvalue weighted by atomic mass is 16.5. The van der Waals surface area contributed by atoms with Crippen LogP contribution in [0.3, 0.4) is 0 Å². The minimum atomic E-state index is 0.0118. The highest BCUT2D eigenvalue weighted by Gasteiger charge is 2.23. The molecule has 0 saturated heterocycles. The number of benzene rings is 2. The normalized spacial score (nSPS) is 13.6. The molecule has 6 nitrogen and oxygen atoms in total. The quantitative estimate of drug-likeness (QED) is 0.633. The summed E-state index contributed by atoms with van der Waals surface area (Å²) < 4.78 is 5.42. The first-order chi connectivity index (χ1) is 14.1. The summed E-state index contributed by atoms with van der Waals surface area (Å²) in [5.41, 5.74) is 4.08. The topological polar surface area (TPSA) is 71.3 Å². The van der Waals surface area contributed by atoms with Crippen molar-refractivity contribution in [3.05, 3.63) is 71.1 Å². The third kappa shape index (κ3) is 5.09. The zero-order chi connectivity index (χ0) is 20.2. The van der Waals surface area contributed by atoms with Gasteiger partial charge in [0.05, 0.1) is 6.54 Å². The summed E-state index contributed by atoms with van der Waals surface area (Å²) in [6, 6.07) is 16.3. The van der Waals surface area contributed by atoms with Crippen molar-refractivity contribution in [2.75, 3.05) is 7.05 Å². The molecule has 2 aromatic carbocycles. The number of hydrogen-bond acceptors (Lipinski definition) is 5. The lowest BCUT2D eigenvalue weighted by Gasteiger charge is -2.14. The van der Waals surface area contributed by atoms with E-state index in [1.54, 1.807) is 0 Å². The summed E-state index contributed by atoms with van der Waals surface area (Å²) in [5, 5.41) is 7.11. The molecular formula is C23H26N4O2. The van der Waals surface area contributed by atoms with Crippen molar-refractivity contribution in [2.45, 2.75) is 45.3 Å². The number of amides is 1. The van der Waals surface area contributed by atoms with E-state index in [2.05, 4.69) is 39.4 Å². The third-order valence-corrected chi connectivity index (χ3v) is 5.07. The first-order valence-corrected chi connectivity index (χ1v) is 10.1. The summed E-state index contributed by atoms with van der Waals surface area (Å²) in [5.74, 6) is 1.21. The molecule has 1 N–H and O–H groups in total. The largest absolute Gasteiger partial charge is 0.349 e. The van der Waals surface area contributed by atoms with Gasteiger partial charge in [-0.2, -0.15) is 4.98 Å². The van der Waals surface area contributed by atoms with Crippen LogP contribution < -0.4 is 5.32 Å². The van der Waals surface area contributed by atoms with Gasteiger partial charge in [0.15, 0.2) is 0 Å². The van der Waals surface area contributed by atoms with Gasteiger partial charge in [-0.3, -0.25) is 9.69 Å². The number of aryl methyl sites for hydroxylation is 1. The van der Waals surface area contributed by atoms with Crippen LogP contribution in [0.25, 0.3) is 11.4 Å². The second-order valence-electron chi connectivity index (χ2n) is 7.68. The monoisotopic (exact) mass is 390 g/mol. The molecule has 3 aromatic rings. The molecule has 1 aliphatic rings. The molecular weight excluding hydrogens is 364 g/mol. The second kappa shape index (κ2) is 8.57. The molecule has 29 heavy (non-hydrogen) atoms. The van der Waals surface area contributed by atoms with Crippen LogP contribution in [0.15, 0.2) is 53.1 Å². The predicted molar refractivity (Wildman–Crippen MR) is 111 cm³/mol. The lowest BCUT2D eigenvalue weighted by molar-refractivity contribution is 0.0951. The lowest BCUT2D eigenvalue weighted by atomic mass is 10.1. The van der Waals surface area contributed by atoms with Crippen molar-refractivity contribution in [3.8, 4) is 11.4 Å². The average Bonchev–Trinajstić information content (AvgIpc) is 3.43. The highest BCUT2D eigenvalue weighted by Crippen LogP contribution is 2.20. The van der Waals surface area contributed by atoms with Crippen molar-refractivity contribution in [2.24, 2.45) is 0 Å². The Morgan fingerprint density at radius 1 is 1.07 bits per heavy atom. The van der Waals surface area contributed by atoms with Crippen molar-refractivity contribution in [1.82, 2.24) is 20.4 Å². The molecule has 1 fully saturated rings. The van der Waals surface area contributed by atoms with Gasteiger partial charge in [0.1, 0.15) is 0 Å². The van der Waals surface area contributed by atoms with Gasteiger partial charge in [-0.25, -0.2) is 0 Å². The van der Waals surface area contributed by atoms with Crippen LogP contribution in [0.4, 0.5) is 0 Å². The van der Waals surface area contributed by atoms with Gasteiger partial charge >= 0.3 is 0 Å². The molecule has 1 heterocycles. The van der Waals surface area contributed by atoms with E-state index in [1.807, 2.05) is 43.4 Å². The summed E-state index contributed by atoms with van der Waals surface area (Å²) in [4.78, 5) is 18.7. The van der Waals surface area contributed by atoms with Crippen molar-refractivity contribution in [1.29, 1.82) is 0 Å². The van der Waals surface area contributed by atoms with Crippen LogP contribution in [-0.4, -0.2) is 34.0 Å². The van der Waals surface area contributed by atoms with E-state index in [0.29, 0.717) is 29.9 Å². The molecule has 150 valence electrons. The second-order valence-corrected chi connectivity index (χ2v) is 7.68. The molecule has 1 aromatic heterocycles. The number of hydrogen-bond donors (Lipinski definition) is 1. The van der Waals surface area contributed by atoms with E-state index in [9.17, 15) is 4.79 Å². The van der Waals surface area contributed by atoms with Crippen molar-refractivity contribution >= 4 is 5.91 Å². The summed E-state index contributed by atoms with van der Waals surface area (Å²) >= 11 is 0. The maximum Gasteiger partial charge on any atom is 0.251 e. The summed E-state index contributed by atoms with van der Waals surface area (Å²) in [6.07, 6.45) is 3.20. The number of carbonyl (C=O) groups is 1. The zero-order valence-corrected chi connectivity index (χ0v) is 16.9. The number of carbonyl (C=O) groups excluding carboxylic acids is 1. The fourth-order valence-electron chi connectivity index (χ4n) is 3.18.